The van der Waals surface area contributed by atoms with Crippen molar-refractivity contribution in [3.05, 3.63) is 122 Å². The van der Waals surface area contributed by atoms with Gasteiger partial charge in [0.05, 0.1) is 10.6 Å². The summed E-state index contributed by atoms with van der Waals surface area (Å²) in [5.41, 5.74) is 6.33. The van der Waals surface area contributed by atoms with Gasteiger partial charge in [-0.1, -0.05) is 54.1 Å². The van der Waals surface area contributed by atoms with Crippen LogP contribution in [0.2, 0.25) is 5.02 Å². The Balaban J connectivity index is 1.50. The van der Waals surface area contributed by atoms with Gasteiger partial charge in [0.15, 0.2) is 11.4 Å². The van der Waals surface area contributed by atoms with Crippen LogP contribution in [0.25, 0.3) is 33.7 Å². The summed E-state index contributed by atoms with van der Waals surface area (Å²) < 4.78 is 24.0. The molecule has 1 spiro atoms. The average molecular weight is 627 g/mol. The molecule has 0 amide bonds. The fourth-order valence-corrected chi connectivity index (χ4v) is 7.04. The predicted octanol–water partition coefficient (Wildman–Crippen LogP) is 6.62. The van der Waals surface area contributed by atoms with E-state index in [1.165, 1.54) is 19.9 Å². The van der Waals surface area contributed by atoms with E-state index in [0.717, 1.165) is 32.3 Å². The van der Waals surface area contributed by atoms with Gasteiger partial charge in [-0.3, -0.25) is 9.59 Å². The minimum Gasteiger partial charge on any atom is -0.456 e. The summed E-state index contributed by atoms with van der Waals surface area (Å²) in [6, 6.07) is 21.8. The smallest absolute Gasteiger partial charge is 0.340 e. The van der Waals surface area contributed by atoms with Crippen molar-refractivity contribution in [2.75, 3.05) is 0 Å². The molecule has 0 bridgehead atoms. The normalized spacial score (nSPS) is 16.4. The highest BCUT2D eigenvalue weighted by molar-refractivity contribution is 6.32. The summed E-state index contributed by atoms with van der Waals surface area (Å²) in [7, 11) is 0. The lowest BCUT2D eigenvalue weighted by molar-refractivity contribution is -0.132. The molecular weight excluding hydrogens is 604 g/mol. The first-order chi connectivity index (χ1) is 22.2. The number of esters is 3. The van der Waals surface area contributed by atoms with Crippen LogP contribution in [-0.4, -0.2) is 17.9 Å². The fourth-order valence-electron chi connectivity index (χ4n) is 6.84. The van der Waals surface area contributed by atoms with E-state index in [2.05, 4.69) is 18.7 Å². The maximum absolute atomic E-state index is 13.5. The highest BCUT2D eigenvalue weighted by atomic mass is 35.5. The maximum Gasteiger partial charge on any atom is 0.340 e. The molecule has 8 rings (SSSR count). The topological polar surface area (TPSA) is 88.1 Å². The maximum atomic E-state index is 13.5. The third kappa shape index (κ3) is 3.89. The number of carbonyl (C=O) groups is 3. The molecule has 0 saturated carbocycles. The summed E-state index contributed by atoms with van der Waals surface area (Å²) in [6.07, 6.45) is 3.89. The van der Waals surface area contributed by atoms with Crippen molar-refractivity contribution in [2.24, 2.45) is 0 Å². The second-order valence-electron chi connectivity index (χ2n) is 11.3. The molecule has 1 atom stereocenters. The van der Waals surface area contributed by atoms with Gasteiger partial charge in [-0.05, 0) is 58.8 Å². The average Bonchev–Trinajstić information content (AvgIpc) is 3.62. The minimum absolute atomic E-state index is 0.0845. The van der Waals surface area contributed by atoms with Crippen LogP contribution in [-0.2, 0) is 19.9 Å². The molecule has 0 fully saturated rings. The lowest BCUT2D eigenvalue weighted by Crippen LogP contribution is -2.33. The van der Waals surface area contributed by atoms with Crippen LogP contribution in [0.5, 0.6) is 23.0 Å². The predicted molar refractivity (Wildman–Crippen MR) is 172 cm³/mol. The van der Waals surface area contributed by atoms with Crippen molar-refractivity contribution >= 4 is 52.1 Å². The number of aryl methyl sites for hydroxylation is 1. The number of fused-ring (bicyclic) bond motifs is 8. The Bertz CT molecular complexity index is 2420. The molecule has 5 aromatic carbocycles. The fraction of sp³-hybridized carbons (Fsp3) is 0.105. The van der Waals surface area contributed by atoms with E-state index in [-0.39, 0.29) is 28.0 Å². The molecule has 2 aliphatic heterocycles. The minimum atomic E-state index is -1.49. The monoisotopic (exact) mass is 626 g/mol. The summed E-state index contributed by atoms with van der Waals surface area (Å²) in [6.45, 7) is 4.68. The van der Waals surface area contributed by atoms with E-state index in [4.69, 9.17) is 30.5 Å². The zero-order chi connectivity index (χ0) is 31.9. The summed E-state index contributed by atoms with van der Waals surface area (Å²) >= 11 is 6.67. The van der Waals surface area contributed by atoms with Gasteiger partial charge >= 0.3 is 17.9 Å². The van der Waals surface area contributed by atoms with E-state index in [1.54, 1.807) is 24.3 Å². The number of allylic oxidation sites excluding steroid dienone is 1. The van der Waals surface area contributed by atoms with E-state index in [0.29, 0.717) is 27.8 Å². The number of halogens is 1. The molecule has 0 saturated heterocycles. The number of hydrogen-bond donors (Lipinski definition) is 0. The van der Waals surface area contributed by atoms with Crippen LogP contribution in [0.3, 0.4) is 0 Å². The van der Waals surface area contributed by atoms with Crippen molar-refractivity contribution in [2.45, 2.75) is 26.4 Å². The Kier molecular flexibility index (Phi) is 6.03. The number of benzene rings is 5. The number of ether oxygens (including phenoxy) is 4. The van der Waals surface area contributed by atoms with Gasteiger partial charge in [0.2, 0.25) is 0 Å². The third-order valence-corrected chi connectivity index (χ3v) is 8.94. The molecule has 0 N–H and O–H groups in total. The van der Waals surface area contributed by atoms with Crippen molar-refractivity contribution in [3.63, 3.8) is 0 Å². The SMILES string of the molecule is CC(=O)Oc1cc2c(cc1Cl)C1(OC(=O)c3ccccc31)c1cc(-c3c4c(c(C)c5ccccc35)=CC=C=4)c(OC(C)=O)cc1O2. The molecule has 0 radical (unpaired) electrons. The third-order valence-electron chi connectivity index (χ3n) is 8.64. The van der Waals surface area contributed by atoms with Crippen molar-refractivity contribution < 1.29 is 33.3 Å². The van der Waals surface area contributed by atoms with Crippen LogP contribution < -0.4 is 24.6 Å². The van der Waals surface area contributed by atoms with Crippen LogP contribution >= 0.6 is 11.6 Å². The van der Waals surface area contributed by atoms with E-state index < -0.39 is 23.5 Å². The Labute approximate surface area is 267 Å². The summed E-state index contributed by atoms with van der Waals surface area (Å²) in [5, 5.41) is 3.98. The van der Waals surface area contributed by atoms with Gasteiger partial charge < -0.3 is 18.9 Å². The number of carbonyl (C=O) groups excluding carboxylic acids is 3. The Morgan fingerprint density at radius 3 is 2.22 bits per heavy atom. The molecule has 1 aliphatic carbocycles. The van der Waals surface area contributed by atoms with Crippen LogP contribution in [0, 0.1) is 6.92 Å². The standard InChI is InChI=1S/C38H23ClO7/c1-19-22-9-4-5-10-24(22)36(25-13-8-12-23(19)25)27-15-29-33(17-32(27)43-20(2)40)45-34-18-35(44-21(3)41)31(39)16-30(34)38(29)28-14-7-6-11-26(28)37(42)46-38/h4-12,14-18H,1-3H3. The van der Waals surface area contributed by atoms with Crippen molar-refractivity contribution in [1.29, 1.82) is 0 Å². The second kappa shape index (κ2) is 9.94. The molecule has 7 nitrogen and oxygen atoms in total. The van der Waals surface area contributed by atoms with Gasteiger partial charge in [0.25, 0.3) is 0 Å². The highest BCUT2D eigenvalue weighted by Gasteiger charge is 2.54. The van der Waals surface area contributed by atoms with E-state index in [1.807, 2.05) is 48.6 Å². The van der Waals surface area contributed by atoms with Crippen molar-refractivity contribution in [3.8, 4) is 34.1 Å². The molecule has 0 aromatic heterocycles. The molecule has 46 heavy (non-hydrogen) atoms. The summed E-state index contributed by atoms with van der Waals surface area (Å²) in [4.78, 5) is 37.9. The molecule has 1 unspecified atom stereocenters. The lowest BCUT2D eigenvalue weighted by Gasteiger charge is -2.37. The second-order valence-corrected chi connectivity index (χ2v) is 11.7. The number of hydrogen-bond acceptors (Lipinski definition) is 7. The zero-order valence-corrected chi connectivity index (χ0v) is 25.6. The number of rotatable bonds is 3. The first kappa shape index (κ1) is 27.9. The molecular formula is C38H23ClO7. The van der Waals surface area contributed by atoms with Gasteiger partial charge in [0.1, 0.15) is 17.2 Å². The first-order valence-electron chi connectivity index (χ1n) is 14.6. The molecule has 3 aliphatic rings. The highest BCUT2D eigenvalue weighted by Crippen LogP contribution is 2.59. The van der Waals surface area contributed by atoms with Crippen molar-refractivity contribution in [1.82, 2.24) is 0 Å². The Hall–Kier alpha value is -5.62. The van der Waals surface area contributed by atoms with Gasteiger partial charge in [-0.2, -0.15) is 0 Å². The lowest BCUT2D eigenvalue weighted by atomic mass is 9.76. The molecule has 224 valence electrons. The van der Waals surface area contributed by atoms with Gasteiger partial charge in [-0.25, -0.2) is 4.79 Å². The largest absolute Gasteiger partial charge is 0.456 e. The molecule has 5 aromatic rings. The van der Waals surface area contributed by atoms with Gasteiger partial charge in [0, 0.05) is 59.0 Å². The van der Waals surface area contributed by atoms with Gasteiger partial charge in [-0.15, -0.1) is 5.73 Å². The summed E-state index contributed by atoms with van der Waals surface area (Å²) in [5.74, 6) is -0.726. The van der Waals surface area contributed by atoms with E-state index >= 15 is 0 Å². The molecule has 2 heterocycles. The Morgan fingerprint density at radius 2 is 1.46 bits per heavy atom. The van der Waals surface area contributed by atoms with E-state index in [9.17, 15) is 14.4 Å². The Morgan fingerprint density at radius 1 is 0.804 bits per heavy atom. The molecule has 8 heteroatoms. The van der Waals surface area contributed by atoms with Crippen LogP contribution in [0.4, 0.5) is 0 Å². The first-order valence-corrected chi connectivity index (χ1v) is 14.9. The van der Waals surface area contributed by atoms with Crippen LogP contribution in [0.1, 0.15) is 46.5 Å². The van der Waals surface area contributed by atoms with Crippen LogP contribution in [0.15, 0.2) is 78.9 Å². The quantitative estimate of drug-likeness (QED) is 0.164. The zero-order valence-electron chi connectivity index (χ0n) is 24.8.